The zero-order valence-electron chi connectivity index (χ0n) is 18.6. The highest BCUT2D eigenvalue weighted by Gasteiger charge is 2.47. The summed E-state index contributed by atoms with van der Waals surface area (Å²) in [4.78, 5) is 39.1. The molecule has 4 atom stereocenters. The van der Waals surface area contributed by atoms with Gasteiger partial charge in [-0.25, -0.2) is 0 Å². The third-order valence-electron chi connectivity index (χ3n) is 6.71. The molecule has 5 rings (SSSR count). The van der Waals surface area contributed by atoms with Gasteiger partial charge in [0.25, 0.3) is 5.91 Å². The lowest BCUT2D eigenvalue weighted by molar-refractivity contribution is -0.130. The number of carbonyl (C=O) groups excluding carboxylic acids is 3. The molecule has 2 aliphatic rings. The molecule has 0 aliphatic carbocycles. The fourth-order valence-electron chi connectivity index (χ4n) is 4.91. The average molecular weight is 459 g/mol. The molecule has 34 heavy (non-hydrogen) atoms. The number of piperidine rings is 1. The summed E-state index contributed by atoms with van der Waals surface area (Å²) < 4.78 is 5.68. The van der Waals surface area contributed by atoms with Crippen molar-refractivity contribution in [3.05, 3.63) is 77.9 Å². The van der Waals surface area contributed by atoms with Gasteiger partial charge in [0.1, 0.15) is 12.4 Å². The first-order valence-corrected chi connectivity index (χ1v) is 11.5. The van der Waals surface area contributed by atoms with Crippen LogP contribution in [0, 0.1) is 5.92 Å². The van der Waals surface area contributed by atoms with Gasteiger partial charge in [-0.2, -0.15) is 0 Å². The predicted octanol–water partition coefficient (Wildman–Crippen LogP) is 2.40. The Kier molecular flexibility index (Phi) is 6.13. The van der Waals surface area contributed by atoms with Crippen LogP contribution in [0.1, 0.15) is 22.3 Å². The molecule has 2 heterocycles. The first-order valence-electron chi connectivity index (χ1n) is 11.5. The number of aromatic hydroxyl groups is 1. The third kappa shape index (κ3) is 4.44. The Bertz CT molecular complexity index is 1240. The molecule has 2 saturated heterocycles. The average Bonchev–Trinajstić information content (AvgIpc) is 3.25. The van der Waals surface area contributed by atoms with Crippen molar-refractivity contribution < 1.29 is 24.2 Å². The Labute approximate surface area is 197 Å². The molecule has 3 N–H and O–H groups in total. The van der Waals surface area contributed by atoms with E-state index in [1.807, 2.05) is 36.4 Å². The smallest absolute Gasteiger partial charge is 0.251 e. The van der Waals surface area contributed by atoms with Crippen LogP contribution >= 0.6 is 0 Å². The summed E-state index contributed by atoms with van der Waals surface area (Å²) in [6, 6.07) is 18.5. The molecule has 3 aromatic carbocycles. The first kappa shape index (κ1) is 22.3. The van der Waals surface area contributed by atoms with Crippen molar-refractivity contribution in [3.8, 4) is 5.75 Å². The number of Topliss-reactive ketones (excluding diaryl/α,β-unsaturated/α-hetero) is 2. The van der Waals surface area contributed by atoms with Crippen LogP contribution in [0.5, 0.6) is 5.75 Å². The van der Waals surface area contributed by atoms with Crippen molar-refractivity contribution in [1.29, 1.82) is 0 Å². The highest BCUT2D eigenvalue weighted by atomic mass is 16.5. The molecule has 1 amide bonds. The van der Waals surface area contributed by atoms with Crippen LogP contribution in [0.3, 0.4) is 0 Å². The van der Waals surface area contributed by atoms with Gasteiger partial charge < -0.3 is 20.5 Å². The van der Waals surface area contributed by atoms with Crippen molar-refractivity contribution in [2.24, 2.45) is 5.92 Å². The second-order valence-corrected chi connectivity index (χ2v) is 8.93. The second kappa shape index (κ2) is 9.37. The van der Waals surface area contributed by atoms with Gasteiger partial charge in [0, 0.05) is 11.5 Å². The lowest BCUT2D eigenvalue weighted by Gasteiger charge is -2.34. The van der Waals surface area contributed by atoms with Gasteiger partial charge in [0.2, 0.25) is 0 Å². The Morgan fingerprint density at radius 1 is 1.06 bits per heavy atom. The van der Waals surface area contributed by atoms with Gasteiger partial charge in [-0.1, -0.05) is 42.5 Å². The minimum absolute atomic E-state index is 0.00179. The van der Waals surface area contributed by atoms with Gasteiger partial charge in [-0.05, 0) is 60.0 Å². The van der Waals surface area contributed by atoms with Crippen LogP contribution in [0.4, 0.5) is 0 Å². The number of nitrogens with one attached hydrogen (secondary N) is 2. The first-order chi connectivity index (χ1) is 16.5. The maximum absolute atomic E-state index is 13.7. The normalized spacial score (nSPS) is 22.8. The maximum Gasteiger partial charge on any atom is 0.251 e. The number of hydrogen-bond acceptors (Lipinski definition) is 6. The summed E-state index contributed by atoms with van der Waals surface area (Å²) in [5, 5.41) is 17.7. The van der Waals surface area contributed by atoms with Gasteiger partial charge in [-0.15, -0.1) is 0 Å². The number of ether oxygens (including phenoxy) is 1. The number of amides is 1. The van der Waals surface area contributed by atoms with E-state index in [1.54, 1.807) is 30.3 Å². The summed E-state index contributed by atoms with van der Waals surface area (Å²) in [5.74, 6) is -0.884. The minimum atomic E-state index is -0.799. The molecule has 7 heteroatoms. The molecule has 7 nitrogen and oxygen atoms in total. The molecule has 0 aromatic heterocycles. The van der Waals surface area contributed by atoms with Crippen LogP contribution in [0.25, 0.3) is 10.8 Å². The summed E-state index contributed by atoms with van der Waals surface area (Å²) in [5.41, 5.74) is 1.28. The molecule has 2 aliphatic heterocycles. The van der Waals surface area contributed by atoms with E-state index < -0.39 is 24.1 Å². The van der Waals surface area contributed by atoms with Crippen LogP contribution in [0.15, 0.2) is 66.7 Å². The van der Waals surface area contributed by atoms with Crippen LogP contribution < -0.4 is 10.6 Å². The maximum atomic E-state index is 13.7. The SMILES string of the molecule is O=C(NC(Cc1ccc(O)cc1)C(=O)C1CCNC2C(=O)COC12)c1ccc2ccccc2c1. The minimum Gasteiger partial charge on any atom is -0.508 e. The summed E-state index contributed by atoms with van der Waals surface area (Å²) in [7, 11) is 0. The van der Waals surface area contributed by atoms with Crippen molar-refractivity contribution in [2.75, 3.05) is 13.2 Å². The van der Waals surface area contributed by atoms with Crippen molar-refractivity contribution in [1.82, 2.24) is 10.6 Å². The predicted molar refractivity (Wildman–Crippen MR) is 127 cm³/mol. The lowest BCUT2D eigenvalue weighted by Crippen LogP contribution is -2.56. The van der Waals surface area contributed by atoms with Crippen molar-refractivity contribution >= 4 is 28.2 Å². The summed E-state index contributed by atoms with van der Waals surface area (Å²) in [6.07, 6.45) is 0.285. The number of phenols is 1. The summed E-state index contributed by atoms with van der Waals surface area (Å²) in [6.45, 7) is 0.537. The van der Waals surface area contributed by atoms with Gasteiger partial charge >= 0.3 is 0 Å². The molecule has 3 aromatic rings. The van der Waals surface area contributed by atoms with E-state index in [9.17, 15) is 19.5 Å². The van der Waals surface area contributed by atoms with E-state index in [2.05, 4.69) is 10.6 Å². The van der Waals surface area contributed by atoms with E-state index in [0.29, 0.717) is 18.5 Å². The van der Waals surface area contributed by atoms with E-state index in [-0.39, 0.29) is 36.3 Å². The number of phenolic OH excluding ortho intramolecular Hbond substituents is 1. The lowest BCUT2D eigenvalue weighted by atomic mass is 9.82. The monoisotopic (exact) mass is 458 g/mol. The number of ketones is 2. The second-order valence-electron chi connectivity index (χ2n) is 8.93. The zero-order valence-corrected chi connectivity index (χ0v) is 18.6. The molecule has 0 spiro atoms. The van der Waals surface area contributed by atoms with Crippen LogP contribution in [-0.4, -0.2) is 53.9 Å². The fourth-order valence-corrected chi connectivity index (χ4v) is 4.91. The zero-order chi connectivity index (χ0) is 23.7. The van der Waals surface area contributed by atoms with E-state index >= 15 is 0 Å². The van der Waals surface area contributed by atoms with Crippen LogP contribution in [-0.2, 0) is 20.7 Å². The van der Waals surface area contributed by atoms with E-state index in [4.69, 9.17) is 4.74 Å². The highest BCUT2D eigenvalue weighted by Crippen LogP contribution is 2.28. The number of benzene rings is 3. The molecule has 0 bridgehead atoms. The molecule has 0 saturated carbocycles. The van der Waals surface area contributed by atoms with Crippen LogP contribution in [0.2, 0.25) is 0 Å². The standard InChI is InChI=1S/C27H26N2O5/c30-20-9-5-16(6-10-20)13-22(25(32)21-11-12-28-24-23(31)15-34-26(21)24)29-27(33)19-8-7-17-3-1-2-4-18(17)14-19/h1-10,14,21-22,24,26,28,30H,11-13,15H2,(H,29,33). The Morgan fingerprint density at radius 3 is 2.62 bits per heavy atom. The highest BCUT2D eigenvalue weighted by molar-refractivity contribution is 6.01. The molecule has 0 radical (unpaired) electrons. The van der Waals surface area contributed by atoms with E-state index in [1.165, 1.54) is 0 Å². The molecular weight excluding hydrogens is 432 g/mol. The number of fused-ring (bicyclic) bond motifs is 2. The molecule has 174 valence electrons. The number of hydrogen-bond donors (Lipinski definition) is 3. The Morgan fingerprint density at radius 2 is 1.82 bits per heavy atom. The fraction of sp³-hybridized carbons (Fsp3) is 0.296. The largest absolute Gasteiger partial charge is 0.508 e. The van der Waals surface area contributed by atoms with Crippen molar-refractivity contribution in [2.45, 2.75) is 31.0 Å². The molecular formula is C27H26N2O5. The number of rotatable bonds is 6. The molecule has 2 fully saturated rings. The quantitative estimate of drug-likeness (QED) is 0.524. The Hall–Kier alpha value is -3.55. The van der Waals surface area contributed by atoms with Gasteiger partial charge in [0.15, 0.2) is 11.6 Å². The van der Waals surface area contributed by atoms with Crippen molar-refractivity contribution in [3.63, 3.8) is 0 Å². The molecule has 4 unspecified atom stereocenters. The van der Waals surface area contributed by atoms with Gasteiger partial charge in [0.05, 0.1) is 18.2 Å². The summed E-state index contributed by atoms with van der Waals surface area (Å²) >= 11 is 0. The Balaban J connectivity index is 1.41. The number of carbonyl (C=O) groups is 3. The third-order valence-corrected chi connectivity index (χ3v) is 6.71. The van der Waals surface area contributed by atoms with E-state index in [0.717, 1.165) is 16.3 Å². The van der Waals surface area contributed by atoms with Gasteiger partial charge in [-0.3, -0.25) is 14.4 Å². The topological polar surface area (TPSA) is 105 Å².